The number of carbonyl (C=O) groups excluding carboxylic acids is 2. The van der Waals surface area contributed by atoms with Crippen molar-refractivity contribution in [2.24, 2.45) is 0 Å². The molecule has 0 bridgehead atoms. The van der Waals surface area contributed by atoms with Crippen LogP contribution < -0.4 is 14.8 Å². The molecule has 0 aliphatic carbocycles. The van der Waals surface area contributed by atoms with Crippen LogP contribution in [-0.4, -0.2) is 36.5 Å². The highest BCUT2D eigenvalue weighted by Gasteiger charge is 2.23. The minimum Gasteiger partial charge on any atom is -0.486 e. The van der Waals surface area contributed by atoms with Gasteiger partial charge in [-0.1, -0.05) is 18.2 Å². The molecule has 3 aromatic rings. The Bertz CT molecular complexity index is 1160. The molecule has 0 saturated carbocycles. The number of para-hydroxylation sites is 1. The zero-order valence-electron chi connectivity index (χ0n) is 17.8. The summed E-state index contributed by atoms with van der Waals surface area (Å²) in [5, 5.41) is 3.29. The third-order valence-electron chi connectivity index (χ3n) is 5.11. The first-order valence-corrected chi connectivity index (χ1v) is 11.1. The van der Waals surface area contributed by atoms with Gasteiger partial charge < -0.3 is 19.7 Å². The van der Waals surface area contributed by atoms with Crippen LogP contribution in [0, 0.1) is 12.7 Å². The van der Waals surface area contributed by atoms with E-state index >= 15 is 0 Å². The molecule has 6 nitrogen and oxygen atoms in total. The lowest BCUT2D eigenvalue weighted by molar-refractivity contribution is 0.0753. The highest BCUT2D eigenvalue weighted by atomic mass is 32.1. The number of fused-ring (bicyclic) bond motifs is 1. The molecule has 0 unspecified atom stereocenters. The maximum Gasteiger partial charge on any atom is 0.264 e. The summed E-state index contributed by atoms with van der Waals surface area (Å²) in [7, 11) is 0. The predicted octanol–water partition coefficient (Wildman–Crippen LogP) is 4.88. The SMILES string of the molecule is CCN(Cc1cccc2c1OCCO2)C(=O)c1sc(NC(=O)c2cccc(F)c2)cc1C. The topological polar surface area (TPSA) is 67.9 Å². The number of halogens is 1. The maximum atomic E-state index is 13.4. The zero-order chi connectivity index (χ0) is 22.7. The quantitative estimate of drug-likeness (QED) is 0.576. The van der Waals surface area contributed by atoms with Gasteiger partial charge in [0, 0.05) is 24.2 Å². The fourth-order valence-corrected chi connectivity index (χ4v) is 4.54. The first-order valence-electron chi connectivity index (χ1n) is 10.3. The Balaban J connectivity index is 1.51. The number of carbonyl (C=O) groups is 2. The summed E-state index contributed by atoms with van der Waals surface area (Å²) >= 11 is 1.20. The van der Waals surface area contributed by atoms with Crippen molar-refractivity contribution in [1.82, 2.24) is 4.90 Å². The van der Waals surface area contributed by atoms with Crippen molar-refractivity contribution in [2.75, 3.05) is 25.1 Å². The third-order valence-corrected chi connectivity index (χ3v) is 6.25. The Morgan fingerprint density at radius 1 is 1.12 bits per heavy atom. The molecule has 0 atom stereocenters. The Morgan fingerprint density at radius 2 is 1.91 bits per heavy atom. The number of anilines is 1. The van der Waals surface area contributed by atoms with Crippen molar-refractivity contribution in [1.29, 1.82) is 0 Å². The monoisotopic (exact) mass is 454 g/mol. The van der Waals surface area contributed by atoms with E-state index in [1.54, 1.807) is 11.0 Å². The molecule has 8 heteroatoms. The van der Waals surface area contributed by atoms with Gasteiger partial charge in [-0.25, -0.2) is 4.39 Å². The van der Waals surface area contributed by atoms with Gasteiger partial charge in [0.15, 0.2) is 11.5 Å². The fraction of sp³-hybridized carbons (Fsp3) is 0.250. The first-order chi connectivity index (χ1) is 15.5. The van der Waals surface area contributed by atoms with Gasteiger partial charge in [0.2, 0.25) is 0 Å². The molecule has 0 spiro atoms. The lowest BCUT2D eigenvalue weighted by Gasteiger charge is -2.25. The van der Waals surface area contributed by atoms with Crippen LogP contribution in [0.25, 0.3) is 0 Å². The third kappa shape index (κ3) is 4.60. The van der Waals surface area contributed by atoms with E-state index in [1.165, 1.54) is 35.6 Å². The van der Waals surface area contributed by atoms with Crippen LogP contribution in [0.2, 0.25) is 0 Å². The van der Waals surface area contributed by atoms with Gasteiger partial charge in [-0.15, -0.1) is 11.3 Å². The average molecular weight is 455 g/mol. The van der Waals surface area contributed by atoms with Crippen LogP contribution in [0.1, 0.15) is 38.1 Å². The largest absolute Gasteiger partial charge is 0.486 e. The Hall–Kier alpha value is -3.39. The summed E-state index contributed by atoms with van der Waals surface area (Å²) < 4.78 is 24.8. The Kier molecular flexibility index (Phi) is 6.41. The summed E-state index contributed by atoms with van der Waals surface area (Å²) in [5.41, 5.74) is 1.86. The molecule has 0 fully saturated rings. The summed E-state index contributed by atoms with van der Waals surface area (Å²) in [4.78, 5) is 28.0. The normalized spacial score (nSPS) is 12.3. The van der Waals surface area contributed by atoms with Crippen LogP contribution in [0.5, 0.6) is 11.5 Å². The van der Waals surface area contributed by atoms with Crippen LogP contribution in [0.3, 0.4) is 0 Å². The number of benzene rings is 2. The van der Waals surface area contributed by atoms with Gasteiger partial charge in [-0.05, 0) is 49.7 Å². The molecule has 0 radical (unpaired) electrons. The van der Waals surface area contributed by atoms with Crippen molar-refractivity contribution in [3.63, 3.8) is 0 Å². The molecule has 0 saturated heterocycles. The minimum atomic E-state index is -0.480. The van der Waals surface area contributed by atoms with Gasteiger partial charge >= 0.3 is 0 Å². The Labute approximate surface area is 189 Å². The van der Waals surface area contributed by atoms with Gasteiger partial charge in [0.1, 0.15) is 19.0 Å². The van der Waals surface area contributed by atoms with Crippen LogP contribution >= 0.6 is 11.3 Å². The second-order valence-electron chi connectivity index (χ2n) is 7.35. The predicted molar refractivity (Wildman–Crippen MR) is 121 cm³/mol. The number of nitrogens with zero attached hydrogens (tertiary/aromatic N) is 1. The number of hydrogen-bond acceptors (Lipinski definition) is 5. The van der Waals surface area contributed by atoms with Crippen LogP contribution in [-0.2, 0) is 6.54 Å². The van der Waals surface area contributed by atoms with E-state index in [9.17, 15) is 14.0 Å². The molecule has 2 amide bonds. The van der Waals surface area contributed by atoms with Crippen molar-refractivity contribution in [2.45, 2.75) is 20.4 Å². The van der Waals surface area contributed by atoms with Gasteiger partial charge in [0.25, 0.3) is 11.8 Å². The molecule has 4 rings (SSSR count). The summed E-state index contributed by atoms with van der Waals surface area (Å²) in [5.74, 6) is 0.329. The number of nitrogens with one attached hydrogen (secondary N) is 1. The lowest BCUT2D eigenvalue weighted by atomic mass is 10.1. The molecular weight excluding hydrogens is 431 g/mol. The Morgan fingerprint density at radius 3 is 2.69 bits per heavy atom. The van der Waals surface area contributed by atoms with Crippen molar-refractivity contribution < 1.29 is 23.5 Å². The van der Waals surface area contributed by atoms with Crippen molar-refractivity contribution >= 4 is 28.2 Å². The lowest BCUT2D eigenvalue weighted by Crippen LogP contribution is -2.30. The number of aryl methyl sites for hydroxylation is 1. The summed E-state index contributed by atoms with van der Waals surface area (Å²) in [6.07, 6.45) is 0. The highest BCUT2D eigenvalue weighted by Crippen LogP contribution is 2.35. The molecule has 1 aromatic heterocycles. The fourth-order valence-electron chi connectivity index (χ4n) is 3.50. The zero-order valence-corrected chi connectivity index (χ0v) is 18.6. The molecule has 1 aliphatic heterocycles. The van der Waals surface area contributed by atoms with Gasteiger partial charge in [-0.2, -0.15) is 0 Å². The molecule has 2 heterocycles. The molecular formula is C24H23FN2O4S. The standard InChI is InChI=1S/C24H23FN2O4S/c1-3-27(14-17-7-5-9-19-21(17)31-11-10-30-19)24(29)22-15(2)12-20(32-22)26-23(28)16-6-4-8-18(25)13-16/h4-9,12-13H,3,10-11,14H2,1-2H3,(H,26,28). The summed E-state index contributed by atoms with van der Waals surface area (Å²) in [6.45, 7) is 5.61. The maximum absolute atomic E-state index is 13.4. The van der Waals surface area contributed by atoms with Crippen LogP contribution in [0.4, 0.5) is 9.39 Å². The second-order valence-corrected chi connectivity index (χ2v) is 8.40. The highest BCUT2D eigenvalue weighted by molar-refractivity contribution is 7.18. The number of rotatable bonds is 6. The van der Waals surface area contributed by atoms with E-state index in [-0.39, 0.29) is 11.5 Å². The number of thiophene rings is 1. The molecule has 1 aliphatic rings. The second kappa shape index (κ2) is 9.40. The van der Waals surface area contributed by atoms with E-state index in [1.807, 2.05) is 32.0 Å². The van der Waals surface area contributed by atoms with E-state index in [0.29, 0.717) is 47.7 Å². The first kappa shape index (κ1) is 21.8. The molecule has 1 N–H and O–H groups in total. The minimum absolute atomic E-state index is 0.129. The van der Waals surface area contributed by atoms with E-state index in [0.717, 1.165) is 11.1 Å². The number of hydrogen-bond donors (Lipinski definition) is 1. The average Bonchev–Trinajstić information content (AvgIpc) is 3.16. The molecule has 2 aromatic carbocycles. The van der Waals surface area contributed by atoms with Gasteiger partial charge in [-0.3, -0.25) is 9.59 Å². The van der Waals surface area contributed by atoms with E-state index < -0.39 is 11.7 Å². The van der Waals surface area contributed by atoms with E-state index in [2.05, 4.69) is 5.32 Å². The van der Waals surface area contributed by atoms with Crippen molar-refractivity contribution in [3.8, 4) is 11.5 Å². The number of amides is 2. The van der Waals surface area contributed by atoms with Gasteiger partial charge in [0.05, 0.1) is 9.88 Å². The molecule has 32 heavy (non-hydrogen) atoms. The smallest absolute Gasteiger partial charge is 0.264 e. The molecule has 166 valence electrons. The summed E-state index contributed by atoms with van der Waals surface area (Å²) in [6, 6.07) is 12.9. The number of ether oxygens (including phenoxy) is 2. The van der Waals surface area contributed by atoms with Crippen LogP contribution in [0.15, 0.2) is 48.5 Å². The van der Waals surface area contributed by atoms with E-state index in [4.69, 9.17) is 9.47 Å². The van der Waals surface area contributed by atoms with Crippen molar-refractivity contribution in [3.05, 3.63) is 75.9 Å².